The molecular weight excluding hydrogens is 362 g/mol. The number of aromatic nitrogens is 3. The second-order valence-corrected chi connectivity index (χ2v) is 6.52. The molecule has 6 nitrogen and oxygen atoms in total. The summed E-state index contributed by atoms with van der Waals surface area (Å²) in [6.45, 7) is 2.73. The van der Waals surface area contributed by atoms with E-state index in [1.54, 1.807) is 19.4 Å². The predicted octanol–water partition coefficient (Wildman–Crippen LogP) is 4.63. The molecule has 1 aromatic heterocycles. The summed E-state index contributed by atoms with van der Waals surface area (Å²) in [6, 6.07) is 14.1. The zero-order valence-electron chi connectivity index (χ0n) is 15.4. The van der Waals surface area contributed by atoms with Crippen molar-refractivity contribution < 1.29 is 4.74 Å². The van der Waals surface area contributed by atoms with Gasteiger partial charge in [-0.1, -0.05) is 41.9 Å². The third-order valence-electron chi connectivity index (χ3n) is 4.08. The zero-order valence-corrected chi connectivity index (χ0v) is 16.1. The molecule has 0 aliphatic carbocycles. The minimum absolute atomic E-state index is 0.392. The van der Waals surface area contributed by atoms with Crippen LogP contribution in [0, 0.1) is 6.92 Å². The maximum Gasteiger partial charge on any atom is 0.249 e. The number of anilines is 3. The fourth-order valence-corrected chi connectivity index (χ4v) is 2.80. The predicted molar refractivity (Wildman–Crippen MR) is 109 cm³/mol. The highest BCUT2D eigenvalue weighted by Gasteiger charge is 2.09. The first-order chi connectivity index (χ1) is 13.2. The Morgan fingerprint density at radius 3 is 2.74 bits per heavy atom. The van der Waals surface area contributed by atoms with Crippen LogP contribution in [0.3, 0.4) is 0 Å². The number of nitrogens with one attached hydrogen (secondary N) is 2. The van der Waals surface area contributed by atoms with E-state index in [1.165, 1.54) is 5.56 Å². The molecule has 0 aliphatic heterocycles. The van der Waals surface area contributed by atoms with Crippen molar-refractivity contribution in [1.82, 2.24) is 15.2 Å². The molecule has 0 radical (unpaired) electrons. The van der Waals surface area contributed by atoms with Crippen molar-refractivity contribution in [1.29, 1.82) is 0 Å². The summed E-state index contributed by atoms with van der Waals surface area (Å²) in [5.74, 6) is 1.68. The summed E-state index contributed by atoms with van der Waals surface area (Å²) >= 11 is 6.15. The first-order valence-corrected chi connectivity index (χ1v) is 9.12. The van der Waals surface area contributed by atoms with Crippen LogP contribution in [0.25, 0.3) is 0 Å². The molecule has 0 atom stereocenters. The van der Waals surface area contributed by atoms with Gasteiger partial charge in [0.05, 0.1) is 19.0 Å². The van der Waals surface area contributed by atoms with Gasteiger partial charge in [-0.2, -0.15) is 10.1 Å². The number of nitrogens with zero attached hydrogens (tertiary/aromatic N) is 3. The average molecular weight is 384 g/mol. The first kappa shape index (κ1) is 18.9. The number of methoxy groups -OCH3 is 1. The van der Waals surface area contributed by atoms with Crippen LogP contribution in [0.15, 0.2) is 48.7 Å². The van der Waals surface area contributed by atoms with Crippen LogP contribution in [-0.2, 0) is 6.42 Å². The maximum atomic E-state index is 6.15. The highest BCUT2D eigenvalue weighted by Crippen LogP contribution is 2.32. The molecule has 0 spiro atoms. The van der Waals surface area contributed by atoms with Crippen LogP contribution in [0.1, 0.15) is 17.5 Å². The van der Waals surface area contributed by atoms with E-state index >= 15 is 0 Å². The van der Waals surface area contributed by atoms with Gasteiger partial charge in [0, 0.05) is 17.6 Å². The molecule has 2 aromatic carbocycles. The number of aryl methyl sites for hydroxylation is 2. The van der Waals surface area contributed by atoms with Gasteiger partial charge in [-0.3, -0.25) is 0 Å². The lowest BCUT2D eigenvalue weighted by atomic mass is 10.1. The number of rotatable bonds is 8. The first-order valence-electron chi connectivity index (χ1n) is 8.74. The van der Waals surface area contributed by atoms with Crippen LogP contribution in [-0.4, -0.2) is 28.8 Å². The van der Waals surface area contributed by atoms with Gasteiger partial charge in [0.1, 0.15) is 5.75 Å². The monoisotopic (exact) mass is 383 g/mol. The van der Waals surface area contributed by atoms with Gasteiger partial charge < -0.3 is 15.4 Å². The minimum atomic E-state index is 0.392. The lowest BCUT2D eigenvalue weighted by Crippen LogP contribution is -2.08. The lowest BCUT2D eigenvalue weighted by molar-refractivity contribution is 0.416. The zero-order chi connectivity index (χ0) is 19.1. The molecule has 0 saturated carbocycles. The number of halogens is 1. The number of benzene rings is 2. The Labute approximate surface area is 164 Å². The quantitative estimate of drug-likeness (QED) is 0.552. The molecule has 3 rings (SSSR count). The second kappa shape index (κ2) is 9.19. The van der Waals surface area contributed by atoms with Crippen molar-refractivity contribution in [2.45, 2.75) is 19.8 Å². The topological polar surface area (TPSA) is 72.0 Å². The van der Waals surface area contributed by atoms with Gasteiger partial charge in [-0.25, -0.2) is 0 Å². The Kier molecular flexibility index (Phi) is 6.44. The number of hydrogen-bond acceptors (Lipinski definition) is 6. The van der Waals surface area contributed by atoms with Gasteiger partial charge in [0.15, 0.2) is 5.82 Å². The molecule has 140 valence electrons. The second-order valence-electron chi connectivity index (χ2n) is 6.11. The highest BCUT2D eigenvalue weighted by molar-refractivity contribution is 6.31. The van der Waals surface area contributed by atoms with E-state index in [1.807, 2.05) is 19.1 Å². The Bertz CT molecular complexity index is 889. The fourth-order valence-electron chi connectivity index (χ4n) is 2.65. The van der Waals surface area contributed by atoms with Crippen molar-refractivity contribution in [3.63, 3.8) is 0 Å². The minimum Gasteiger partial charge on any atom is -0.495 e. The van der Waals surface area contributed by atoms with E-state index in [0.29, 0.717) is 22.5 Å². The SMILES string of the molecule is COc1cc(Cl)c(C)cc1Nc1nncc(NCCCc2ccccc2)n1. The third-order valence-corrected chi connectivity index (χ3v) is 4.48. The lowest BCUT2D eigenvalue weighted by Gasteiger charge is -2.12. The van der Waals surface area contributed by atoms with E-state index in [0.717, 1.165) is 30.6 Å². The Hall–Kier alpha value is -2.86. The van der Waals surface area contributed by atoms with Crippen LogP contribution in [0.2, 0.25) is 5.02 Å². The van der Waals surface area contributed by atoms with Gasteiger partial charge >= 0.3 is 0 Å². The summed E-state index contributed by atoms with van der Waals surface area (Å²) < 4.78 is 5.37. The van der Waals surface area contributed by atoms with Gasteiger partial charge in [0.25, 0.3) is 0 Å². The molecule has 0 amide bonds. The van der Waals surface area contributed by atoms with Crippen molar-refractivity contribution >= 4 is 29.1 Å². The molecule has 0 fully saturated rings. The van der Waals surface area contributed by atoms with Gasteiger partial charge in [-0.15, -0.1) is 5.10 Å². The molecule has 3 aromatic rings. The summed E-state index contributed by atoms with van der Waals surface area (Å²) in [4.78, 5) is 4.46. The number of ether oxygens (including phenoxy) is 1. The van der Waals surface area contributed by atoms with Crippen LogP contribution >= 0.6 is 11.6 Å². The molecule has 1 heterocycles. The summed E-state index contributed by atoms with van der Waals surface area (Å²) in [5, 5.41) is 15.1. The van der Waals surface area contributed by atoms with Crippen molar-refractivity contribution in [3.05, 3.63) is 64.8 Å². The molecule has 0 bridgehead atoms. The average Bonchev–Trinajstić information content (AvgIpc) is 2.69. The van der Waals surface area contributed by atoms with Gasteiger partial charge in [0.2, 0.25) is 5.95 Å². The summed E-state index contributed by atoms with van der Waals surface area (Å²) in [5.41, 5.74) is 3.00. The van der Waals surface area contributed by atoms with Crippen molar-refractivity contribution in [3.8, 4) is 5.75 Å². The molecule has 0 aliphatic rings. The molecule has 0 saturated heterocycles. The molecule has 27 heavy (non-hydrogen) atoms. The normalized spacial score (nSPS) is 10.5. The van der Waals surface area contributed by atoms with E-state index in [4.69, 9.17) is 16.3 Å². The van der Waals surface area contributed by atoms with Crippen LogP contribution in [0.4, 0.5) is 17.5 Å². The van der Waals surface area contributed by atoms with Crippen LogP contribution in [0.5, 0.6) is 5.75 Å². The standard InChI is InChI=1S/C20H22ClN5O/c1-14-11-17(18(27-2)12-16(14)21)24-20-25-19(13-23-26-20)22-10-6-9-15-7-4-3-5-8-15/h3-5,7-8,11-13H,6,9-10H2,1-2H3,(H2,22,24,25,26). The molecule has 0 unspecified atom stereocenters. The maximum absolute atomic E-state index is 6.15. The molecular formula is C20H22ClN5O. The summed E-state index contributed by atoms with van der Waals surface area (Å²) in [7, 11) is 1.59. The van der Waals surface area contributed by atoms with Crippen molar-refractivity contribution in [2.75, 3.05) is 24.3 Å². The van der Waals surface area contributed by atoms with E-state index < -0.39 is 0 Å². The molecule has 2 N–H and O–H groups in total. The van der Waals surface area contributed by atoms with Gasteiger partial charge in [-0.05, 0) is 37.0 Å². The third kappa shape index (κ3) is 5.31. The molecule has 7 heteroatoms. The highest BCUT2D eigenvalue weighted by atomic mass is 35.5. The smallest absolute Gasteiger partial charge is 0.249 e. The Morgan fingerprint density at radius 1 is 1.15 bits per heavy atom. The Balaban J connectivity index is 1.60. The van der Waals surface area contributed by atoms with E-state index in [-0.39, 0.29) is 0 Å². The summed E-state index contributed by atoms with van der Waals surface area (Å²) in [6.07, 6.45) is 3.62. The largest absolute Gasteiger partial charge is 0.495 e. The van der Waals surface area contributed by atoms with E-state index in [2.05, 4.69) is 50.1 Å². The number of hydrogen-bond donors (Lipinski definition) is 2. The fraction of sp³-hybridized carbons (Fsp3) is 0.250. The van der Waals surface area contributed by atoms with Crippen molar-refractivity contribution in [2.24, 2.45) is 0 Å². The Morgan fingerprint density at radius 2 is 1.96 bits per heavy atom. The van der Waals surface area contributed by atoms with Crippen LogP contribution < -0.4 is 15.4 Å². The van der Waals surface area contributed by atoms with E-state index in [9.17, 15) is 0 Å².